The van der Waals surface area contributed by atoms with Gasteiger partial charge >= 0.3 is 5.97 Å². The first kappa shape index (κ1) is 16.2. The Morgan fingerprint density at radius 1 is 1.00 bits per heavy atom. The molecule has 0 unspecified atom stereocenters. The zero-order valence-corrected chi connectivity index (χ0v) is 13.5. The molecule has 0 bridgehead atoms. The van der Waals surface area contributed by atoms with E-state index in [1.54, 1.807) is 30.3 Å². The number of amides is 2. The summed E-state index contributed by atoms with van der Waals surface area (Å²) in [5, 5.41) is 0.534. The summed E-state index contributed by atoms with van der Waals surface area (Å²) in [5.41, 5.74) is 1.52. The van der Waals surface area contributed by atoms with Crippen LogP contribution in [0.5, 0.6) is 0 Å². The number of hydrogen-bond donors (Lipinski definition) is 0. The van der Waals surface area contributed by atoms with Crippen LogP contribution in [0.15, 0.2) is 48.5 Å². The second-order valence-corrected chi connectivity index (χ2v) is 5.74. The zero-order chi connectivity index (χ0) is 17.1. The van der Waals surface area contributed by atoms with E-state index in [0.717, 1.165) is 10.5 Å². The molecule has 2 aromatic carbocycles. The molecule has 1 aliphatic heterocycles. The molecule has 24 heavy (non-hydrogen) atoms. The Morgan fingerprint density at radius 2 is 1.62 bits per heavy atom. The number of carbonyl (C=O) groups is 3. The van der Waals surface area contributed by atoms with E-state index in [1.165, 1.54) is 12.1 Å². The number of rotatable bonds is 4. The van der Waals surface area contributed by atoms with Crippen LogP contribution >= 0.6 is 11.6 Å². The van der Waals surface area contributed by atoms with Crippen LogP contribution in [0.2, 0.25) is 5.02 Å². The van der Waals surface area contributed by atoms with Gasteiger partial charge in [0.25, 0.3) is 0 Å². The van der Waals surface area contributed by atoms with E-state index in [4.69, 9.17) is 16.3 Å². The number of ether oxygens (including phenoxy) is 1. The van der Waals surface area contributed by atoms with Gasteiger partial charge in [-0.3, -0.25) is 14.5 Å². The molecule has 0 aliphatic carbocycles. The first-order chi connectivity index (χ1) is 11.6. The van der Waals surface area contributed by atoms with Gasteiger partial charge in [-0.2, -0.15) is 0 Å². The number of nitrogens with zero attached hydrogens (tertiary/aromatic N) is 1. The predicted octanol–water partition coefficient (Wildman–Crippen LogP) is 3.35. The van der Waals surface area contributed by atoms with Gasteiger partial charge < -0.3 is 4.74 Å². The van der Waals surface area contributed by atoms with Gasteiger partial charge in [0.1, 0.15) is 6.61 Å². The Balaban J connectivity index is 1.67. The second-order valence-electron chi connectivity index (χ2n) is 5.34. The van der Waals surface area contributed by atoms with Gasteiger partial charge in [-0.1, -0.05) is 29.8 Å². The van der Waals surface area contributed by atoms with Crippen LogP contribution in [-0.4, -0.2) is 17.8 Å². The summed E-state index contributed by atoms with van der Waals surface area (Å²) in [6.45, 7) is 0.0728. The van der Waals surface area contributed by atoms with Crippen molar-refractivity contribution in [2.75, 3.05) is 4.90 Å². The van der Waals surface area contributed by atoms with Crippen molar-refractivity contribution in [1.29, 1.82) is 0 Å². The largest absolute Gasteiger partial charge is 0.457 e. The van der Waals surface area contributed by atoms with E-state index in [-0.39, 0.29) is 31.3 Å². The van der Waals surface area contributed by atoms with Gasteiger partial charge in [0.15, 0.2) is 0 Å². The van der Waals surface area contributed by atoms with Gasteiger partial charge in [-0.05, 0) is 30.3 Å². The molecule has 0 saturated carbocycles. The minimum atomic E-state index is -0.499. The summed E-state index contributed by atoms with van der Waals surface area (Å²) in [4.78, 5) is 36.6. The maximum atomic E-state index is 12.1. The Morgan fingerprint density at radius 3 is 2.25 bits per heavy atom. The average molecular weight is 344 g/mol. The van der Waals surface area contributed by atoms with Crippen molar-refractivity contribution in [1.82, 2.24) is 0 Å². The predicted molar refractivity (Wildman–Crippen MR) is 88.7 cm³/mol. The third kappa shape index (κ3) is 3.31. The van der Waals surface area contributed by atoms with Crippen molar-refractivity contribution in [2.45, 2.75) is 19.4 Å². The van der Waals surface area contributed by atoms with Crippen LogP contribution in [0.1, 0.15) is 28.8 Å². The summed E-state index contributed by atoms with van der Waals surface area (Å²) >= 11 is 6.01. The first-order valence-corrected chi connectivity index (χ1v) is 7.80. The van der Waals surface area contributed by atoms with E-state index in [1.807, 2.05) is 6.07 Å². The molecule has 1 aliphatic rings. The maximum absolute atomic E-state index is 12.1. The smallest absolute Gasteiger partial charge is 0.338 e. The van der Waals surface area contributed by atoms with E-state index < -0.39 is 5.97 Å². The molecule has 0 N–H and O–H groups in total. The molecule has 2 aromatic rings. The van der Waals surface area contributed by atoms with Crippen LogP contribution < -0.4 is 4.90 Å². The zero-order valence-electron chi connectivity index (χ0n) is 12.7. The molecule has 1 heterocycles. The molecule has 122 valence electrons. The average Bonchev–Trinajstić information content (AvgIpc) is 2.93. The Hall–Kier alpha value is -2.66. The second kappa shape index (κ2) is 6.84. The molecule has 5 nitrogen and oxygen atoms in total. The van der Waals surface area contributed by atoms with Crippen molar-refractivity contribution in [2.24, 2.45) is 0 Å². The van der Waals surface area contributed by atoms with Crippen LogP contribution in [-0.2, 0) is 20.9 Å². The fourth-order valence-electron chi connectivity index (χ4n) is 2.45. The molecule has 3 rings (SSSR count). The van der Waals surface area contributed by atoms with E-state index in [0.29, 0.717) is 16.3 Å². The van der Waals surface area contributed by atoms with Crippen molar-refractivity contribution < 1.29 is 19.1 Å². The highest BCUT2D eigenvalue weighted by Crippen LogP contribution is 2.23. The number of imide groups is 1. The van der Waals surface area contributed by atoms with Crippen LogP contribution in [0, 0.1) is 0 Å². The molecule has 0 radical (unpaired) electrons. The number of hydrogen-bond acceptors (Lipinski definition) is 4. The molecule has 2 amide bonds. The fourth-order valence-corrected chi connectivity index (χ4v) is 2.64. The first-order valence-electron chi connectivity index (χ1n) is 7.42. The lowest BCUT2D eigenvalue weighted by atomic mass is 10.2. The van der Waals surface area contributed by atoms with Crippen LogP contribution in [0.25, 0.3) is 0 Å². The van der Waals surface area contributed by atoms with Gasteiger partial charge in [0, 0.05) is 23.4 Å². The molecule has 0 atom stereocenters. The molecular weight excluding hydrogens is 330 g/mol. The van der Waals surface area contributed by atoms with Crippen molar-refractivity contribution >= 4 is 35.1 Å². The summed E-state index contributed by atoms with van der Waals surface area (Å²) in [6, 6.07) is 13.3. The topological polar surface area (TPSA) is 63.7 Å². The summed E-state index contributed by atoms with van der Waals surface area (Å²) in [6.07, 6.45) is 0.445. The number of esters is 1. The molecular formula is C18H14ClNO4. The quantitative estimate of drug-likeness (QED) is 0.631. The van der Waals surface area contributed by atoms with E-state index >= 15 is 0 Å². The van der Waals surface area contributed by atoms with Crippen LogP contribution in [0.3, 0.4) is 0 Å². The summed E-state index contributed by atoms with van der Waals surface area (Å²) < 4.78 is 5.23. The molecule has 1 fully saturated rings. The lowest BCUT2D eigenvalue weighted by molar-refractivity contribution is -0.121. The Labute approximate surface area is 143 Å². The Bertz CT molecular complexity index is 785. The normalized spacial score (nSPS) is 14.1. The van der Waals surface area contributed by atoms with Crippen LogP contribution in [0.4, 0.5) is 5.69 Å². The minimum Gasteiger partial charge on any atom is -0.457 e. The standard InChI is InChI=1S/C18H14ClNO4/c19-15-4-2-1-3-13(15)11-24-18(23)12-5-7-14(8-6-12)20-16(21)9-10-17(20)22/h1-8H,9-11H2. The lowest BCUT2D eigenvalue weighted by Gasteiger charge is -2.14. The highest BCUT2D eigenvalue weighted by molar-refractivity contribution is 6.31. The number of anilines is 1. The van der Waals surface area contributed by atoms with E-state index in [2.05, 4.69) is 0 Å². The SMILES string of the molecule is O=C(OCc1ccccc1Cl)c1ccc(N2C(=O)CCC2=O)cc1. The van der Waals surface area contributed by atoms with Crippen molar-refractivity contribution in [3.8, 4) is 0 Å². The molecule has 0 spiro atoms. The minimum absolute atomic E-state index is 0.0728. The third-order valence-electron chi connectivity index (χ3n) is 3.73. The number of carbonyl (C=O) groups excluding carboxylic acids is 3. The van der Waals surface area contributed by atoms with Gasteiger partial charge in [-0.15, -0.1) is 0 Å². The fraction of sp³-hybridized carbons (Fsp3) is 0.167. The van der Waals surface area contributed by atoms with Crippen molar-refractivity contribution in [3.05, 3.63) is 64.7 Å². The lowest BCUT2D eigenvalue weighted by Crippen LogP contribution is -2.28. The molecule has 0 aromatic heterocycles. The number of benzene rings is 2. The highest BCUT2D eigenvalue weighted by atomic mass is 35.5. The number of halogens is 1. The van der Waals surface area contributed by atoms with Gasteiger partial charge in [0.2, 0.25) is 11.8 Å². The van der Waals surface area contributed by atoms with Gasteiger partial charge in [-0.25, -0.2) is 4.79 Å². The summed E-state index contributed by atoms with van der Waals surface area (Å²) in [5.74, 6) is -0.955. The third-order valence-corrected chi connectivity index (χ3v) is 4.10. The van der Waals surface area contributed by atoms with Gasteiger partial charge in [0.05, 0.1) is 11.3 Å². The van der Waals surface area contributed by atoms with E-state index in [9.17, 15) is 14.4 Å². The highest BCUT2D eigenvalue weighted by Gasteiger charge is 2.30. The monoisotopic (exact) mass is 343 g/mol. The maximum Gasteiger partial charge on any atom is 0.338 e. The summed E-state index contributed by atoms with van der Waals surface area (Å²) in [7, 11) is 0. The molecule has 6 heteroatoms. The molecule has 1 saturated heterocycles. The Kier molecular flexibility index (Phi) is 4.62. The van der Waals surface area contributed by atoms with Crippen molar-refractivity contribution in [3.63, 3.8) is 0 Å².